The van der Waals surface area contributed by atoms with Gasteiger partial charge in [0.15, 0.2) is 5.78 Å². The van der Waals surface area contributed by atoms with Gasteiger partial charge in [0.1, 0.15) is 5.82 Å². The molecule has 37 heavy (non-hydrogen) atoms. The molecule has 0 amide bonds. The van der Waals surface area contributed by atoms with E-state index in [0.717, 1.165) is 39.1 Å². The van der Waals surface area contributed by atoms with Crippen LogP contribution in [0.1, 0.15) is 61.9 Å². The van der Waals surface area contributed by atoms with Crippen molar-refractivity contribution in [3.05, 3.63) is 59.4 Å². The van der Waals surface area contributed by atoms with E-state index < -0.39 is 5.41 Å². The summed E-state index contributed by atoms with van der Waals surface area (Å²) in [5, 5.41) is 0. The predicted molar refractivity (Wildman–Crippen MR) is 143 cm³/mol. The molecule has 5 rings (SSSR count). The highest BCUT2D eigenvalue weighted by Crippen LogP contribution is 2.51. The molecule has 0 saturated carbocycles. The van der Waals surface area contributed by atoms with Crippen LogP contribution in [0, 0.1) is 11.2 Å². The molecule has 3 aliphatic heterocycles. The molecule has 1 unspecified atom stereocenters. The van der Waals surface area contributed by atoms with Gasteiger partial charge in [0.25, 0.3) is 0 Å². The average molecular weight is 509 g/mol. The van der Waals surface area contributed by atoms with Crippen LogP contribution in [0.5, 0.6) is 0 Å². The van der Waals surface area contributed by atoms with E-state index in [1.807, 2.05) is 20.8 Å². The first-order valence-corrected chi connectivity index (χ1v) is 13.5. The molecule has 3 atom stereocenters. The molecular weight excluding hydrogens is 469 g/mol. The normalized spacial score (nSPS) is 24.5. The van der Waals surface area contributed by atoms with Crippen LogP contribution in [-0.2, 0) is 9.53 Å². The van der Waals surface area contributed by atoms with Gasteiger partial charge in [-0.25, -0.2) is 4.39 Å². The van der Waals surface area contributed by atoms with Gasteiger partial charge in [-0.15, -0.1) is 0 Å². The zero-order valence-corrected chi connectivity index (χ0v) is 22.5. The Kier molecular flexibility index (Phi) is 6.77. The highest BCUT2D eigenvalue weighted by Gasteiger charge is 2.50. The van der Waals surface area contributed by atoms with Crippen molar-refractivity contribution in [3.8, 4) is 0 Å². The quantitative estimate of drug-likeness (QED) is 0.300. The second-order valence-corrected chi connectivity index (χ2v) is 12.1. The van der Waals surface area contributed by atoms with Crippen LogP contribution < -0.4 is 9.80 Å². The van der Waals surface area contributed by atoms with E-state index in [-0.39, 0.29) is 17.6 Å². The zero-order valence-electron chi connectivity index (χ0n) is 22.5. The first-order chi connectivity index (χ1) is 17.6. The largest absolute Gasteiger partial charge is 0.415 e. The van der Waals surface area contributed by atoms with Gasteiger partial charge in [0, 0.05) is 51.0 Å². The van der Waals surface area contributed by atoms with E-state index in [0.29, 0.717) is 41.6 Å². The standard InChI is InChI=1S/C30H39FN3O3/c1-30(2,3)29(36)37-20-34(17-6-9-27(35)21-10-12-22(31)13-11-21)18-14-25-24(19-34)23-7-5-8-26-28(23)33(25)16-15-32(26)4/h5,7-8,10-13,24-25H,6,9,14-20H2,1-4H3/q+1/t24-,25-,34?/m0/s1. The summed E-state index contributed by atoms with van der Waals surface area (Å²) in [4.78, 5) is 30.5. The van der Waals surface area contributed by atoms with Crippen LogP contribution in [0.25, 0.3) is 0 Å². The molecule has 2 aromatic rings. The number of esters is 1. The first kappa shape index (κ1) is 25.7. The number of anilines is 2. The third kappa shape index (κ3) is 4.98. The molecule has 0 aromatic heterocycles. The van der Waals surface area contributed by atoms with Crippen LogP contribution in [0.15, 0.2) is 42.5 Å². The van der Waals surface area contributed by atoms with E-state index in [4.69, 9.17) is 4.74 Å². The molecule has 0 aliphatic carbocycles. The lowest BCUT2D eigenvalue weighted by molar-refractivity contribution is -0.949. The van der Waals surface area contributed by atoms with Gasteiger partial charge in [-0.3, -0.25) is 14.1 Å². The number of hydrogen-bond acceptors (Lipinski definition) is 5. The average Bonchev–Trinajstić information content (AvgIpc) is 3.18. The number of ketones is 1. The number of ether oxygens (including phenoxy) is 1. The Balaban J connectivity index is 1.35. The monoisotopic (exact) mass is 508 g/mol. The summed E-state index contributed by atoms with van der Waals surface area (Å²) in [5.41, 5.74) is 4.07. The Morgan fingerprint density at radius 2 is 1.86 bits per heavy atom. The molecular formula is C30H39FN3O3+. The van der Waals surface area contributed by atoms with Gasteiger partial charge in [0.05, 0.1) is 42.3 Å². The maximum Gasteiger partial charge on any atom is 0.315 e. The summed E-state index contributed by atoms with van der Waals surface area (Å²) in [6, 6.07) is 12.9. The van der Waals surface area contributed by atoms with Crippen molar-refractivity contribution in [2.24, 2.45) is 5.41 Å². The minimum Gasteiger partial charge on any atom is -0.415 e. The van der Waals surface area contributed by atoms with E-state index in [2.05, 4.69) is 35.0 Å². The molecule has 7 heteroatoms. The van der Waals surface area contributed by atoms with Gasteiger partial charge in [-0.05, 0) is 56.7 Å². The number of fused-ring (bicyclic) bond motifs is 3. The fourth-order valence-electron chi connectivity index (χ4n) is 6.36. The lowest BCUT2D eigenvalue weighted by Crippen LogP contribution is -2.60. The molecule has 198 valence electrons. The summed E-state index contributed by atoms with van der Waals surface area (Å²) in [6.45, 7) is 10.6. The topological polar surface area (TPSA) is 49.9 Å². The van der Waals surface area contributed by atoms with E-state index in [9.17, 15) is 14.0 Å². The second-order valence-electron chi connectivity index (χ2n) is 12.1. The molecule has 0 spiro atoms. The Bertz CT molecular complexity index is 1180. The lowest BCUT2D eigenvalue weighted by atomic mass is 9.87. The maximum atomic E-state index is 13.3. The Hall–Kier alpha value is -2.93. The van der Waals surface area contributed by atoms with E-state index >= 15 is 0 Å². The number of likely N-dealkylation sites (N-methyl/N-ethyl adjacent to an activating group) is 1. The predicted octanol–water partition coefficient (Wildman–Crippen LogP) is 4.98. The Labute approximate surface area is 219 Å². The van der Waals surface area contributed by atoms with Crippen molar-refractivity contribution in [1.82, 2.24) is 0 Å². The smallest absolute Gasteiger partial charge is 0.315 e. The fourth-order valence-corrected chi connectivity index (χ4v) is 6.36. The number of nitrogens with zero attached hydrogens (tertiary/aromatic N) is 3. The minimum absolute atomic E-state index is 0.0238. The highest BCUT2D eigenvalue weighted by atomic mass is 19.1. The van der Waals surface area contributed by atoms with Crippen molar-refractivity contribution in [2.75, 3.05) is 56.3 Å². The summed E-state index contributed by atoms with van der Waals surface area (Å²) in [7, 11) is 2.17. The van der Waals surface area contributed by atoms with Gasteiger partial charge >= 0.3 is 5.97 Å². The number of halogens is 1. The Morgan fingerprint density at radius 3 is 2.59 bits per heavy atom. The molecule has 3 heterocycles. The number of piperidine rings is 1. The summed E-state index contributed by atoms with van der Waals surface area (Å²) in [6.07, 6.45) is 2.12. The number of benzene rings is 2. The van der Waals surface area contributed by atoms with Crippen LogP contribution in [-0.4, -0.2) is 68.8 Å². The third-order valence-corrected chi connectivity index (χ3v) is 8.45. The Morgan fingerprint density at radius 1 is 1.11 bits per heavy atom. The van der Waals surface area contributed by atoms with Crippen LogP contribution >= 0.6 is 0 Å². The number of carbonyl (C=O) groups excluding carboxylic acids is 2. The van der Waals surface area contributed by atoms with Crippen LogP contribution in [0.2, 0.25) is 0 Å². The molecule has 1 saturated heterocycles. The number of likely N-dealkylation sites (tertiary alicyclic amines) is 1. The van der Waals surface area contributed by atoms with E-state index in [1.54, 1.807) is 12.1 Å². The summed E-state index contributed by atoms with van der Waals surface area (Å²) in [5.74, 6) is -0.134. The van der Waals surface area contributed by atoms with Crippen LogP contribution in [0.3, 0.4) is 0 Å². The molecule has 0 N–H and O–H groups in total. The molecule has 2 aromatic carbocycles. The van der Waals surface area contributed by atoms with Crippen molar-refractivity contribution >= 4 is 23.1 Å². The number of carbonyl (C=O) groups is 2. The van der Waals surface area contributed by atoms with Crippen molar-refractivity contribution < 1.29 is 23.2 Å². The third-order valence-electron chi connectivity index (χ3n) is 8.45. The maximum absolute atomic E-state index is 13.3. The van der Waals surface area contributed by atoms with Crippen molar-refractivity contribution in [1.29, 1.82) is 0 Å². The minimum atomic E-state index is -0.560. The molecule has 0 bridgehead atoms. The number of hydrogen-bond donors (Lipinski definition) is 0. The molecule has 6 nitrogen and oxygen atoms in total. The first-order valence-electron chi connectivity index (χ1n) is 13.5. The number of rotatable bonds is 7. The van der Waals surface area contributed by atoms with Crippen molar-refractivity contribution in [2.45, 2.75) is 52.0 Å². The zero-order chi connectivity index (χ0) is 26.4. The van der Waals surface area contributed by atoms with Gasteiger partial charge in [-0.1, -0.05) is 12.1 Å². The molecule has 3 aliphatic rings. The van der Waals surface area contributed by atoms with Gasteiger partial charge in [0.2, 0.25) is 6.73 Å². The second kappa shape index (κ2) is 9.75. The fraction of sp³-hybridized carbons (Fsp3) is 0.533. The number of quaternary nitrogens is 1. The van der Waals surface area contributed by atoms with E-state index in [1.165, 1.54) is 29.1 Å². The molecule has 1 fully saturated rings. The number of Topliss-reactive ketones (excluding diaryl/α,β-unsaturated/α-hetero) is 1. The summed E-state index contributed by atoms with van der Waals surface area (Å²) < 4.78 is 19.9. The van der Waals surface area contributed by atoms with Crippen LogP contribution in [0.4, 0.5) is 15.8 Å². The molecule has 0 radical (unpaired) electrons. The summed E-state index contributed by atoms with van der Waals surface area (Å²) >= 11 is 0. The van der Waals surface area contributed by atoms with Crippen molar-refractivity contribution in [3.63, 3.8) is 0 Å². The van der Waals surface area contributed by atoms with Gasteiger partial charge in [-0.2, -0.15) is 0 Å². The highest BCUT2D eigenvalue weighted by molar-refractivity contribution is 5.95. The van der Waals surface area contributed by atoms with Gasteiger partial charge < -0.3 is 14.5 Å². The SMILES string of the molecule is CN1CCN2c3c(cccc31)[C@@H]1C[N+](CCCC(=O)c3ccc(F)cc3)(COC(=O)C(C)(C)C)CC[C@@H]12. The lowest BCUT2D eigenvalue weighted by Gasteiger charge is -2.47. The number of para-hydroxylation sites is 1.